The smallest absolute Gasteiger partial charge is 0.253 e. The van der Waals surface area contributed by atoms with Crippen LogP contribution in [0.2, 0.25) is 10.0 Å². The highest BCUT2D eigenvalue weighted by molar-refractivity contribution is 6.42. The predicted molar refractivity (Wildman–Crippen MR) is 100 cm³/mol. The van der Waals surface area contributed by atoms with E-state index < -0.39 is 0 Å². The molecule has 1 saturated carbocycles. The van der Waals surface area contributed by atoms with Gasteiger partial charge in [0.05, 0.1) is 10.0 Å². The minimum atomic E-state index is -0.0504. The quantitative estimate of drug-likeness (QED) is 0.766. The normalized spacial score (nSPS) is 19.6. The second kappa shape index (κ2) is 8.41. The first kappa shape index (κ1) is 18.5. The fraction of sp³-hybridized carbons (Fsp3) is 0.579. The van der Waals surface area contributed by atoms with Gasteiger partial charge in [-0.3, -0.25) is 9.59 Å². The van der Waals surface area contributed by atoms with Gasteiger partial charge in [0.15, 0.2) is 0 Å². The standard InChI is InChI=1S/C19H24Cl2N2O2/c20-16-8-7-15(13-17(16)21)19(25)23-10-4-9-22(11-12-23)18(24)14-5-2-1-3-6-14/h7-8,13-14H,1-6,9-12H2. The number of rotatable bonds is 2. The Balaban J connectivity index is 1.61. The molecule has 3 rings (SSSR count). The fourth-order valence-electron chi connectivity index (χ4n) is 3.76. The van der Waals surface area contributed by atoms with E-state index in [0.717, 1.165) is 38.6 Å². The summed E-state index contributed by atoms with van der Waals surface area (Å²) in [5.74, 6) is 0.417. The van der Waals surface area contributed by atoms with E-state index in [9.17, 15) is 9.59 Å². The molecule has 1 heterocycles. The molecule has 2 amide bonds. The molecule has 0 bridgehead atoms. The number of benzene rings is 1. The van der Waals surface area contributed by atoms with Crippen LogP contribution in [0.1, 0.15) is 48.9 Å². The SMILES string of the molecule is O=C(c1ccc(Cl)c(Cl)c1)N1CCCN(C(=O)C2CCCCC2)CC1. The number of carbonyl (C=O) groups is 2. The molecule has 0 unspecified atom stereocenters. The van der Waals surface area contributed by atoms with Crippen LogP contribution in [-0.2, 0) is 4.79 Å². The molecular formula is C19H24Cl2N2O2. The van der Waals surface area contributed by atoms with Crippen molar-refractivity contribution in [3.8, 4) is 0 Å². The van der Waals surface area contributed by atoms with Crippen LogP contribution in [0.5, 0.6) is 0 Å². The van der Waals surface area contributed by atoms with Gasteiger partial charge in [-0.1, -0.05) is 42.5 Å². The van der Waals surface area contributed by atoms with Crippen LogP contribution < -0.4 is 0 Å². The van der Waals surface area contributed by atoms with Gasteiger partial charge in [-0.2, -0.15) is 0 Å². The second-order valence-corrected chi connectivity index (χ2v) is 7.75. The minimum Gasteiger partial charge on any atom is -0.341 e. The zero-order valence-corrected chi connectivity index (χ0v) is 15.9. The molecule has 136 valence electrons. The molecular weight excluding hydrogens is 359 g/mol. The molecule has 6 heteroatoms. The summed E-state index contributed by atoms with van der Waals surface area (Å²) >= 11 is 11.9. The van der Waals surface area contributed by atoms with E-state index in [-0.39, 0.29) is 17.7 Å². The molecule has 0 spiro atoms. The van der Waals surface area contributed by atoms with Crippen molar-refractivity contribution in [2.75, 3.05) is 26.2 Å². The lowest BCUT2D eigenvalue weighted by molar-refractivity contribution is -0.136. The van der Waals surface area contributed by atoms with Crippen molar-refractivity contribution in [1.29, 1.82) is 0 Å². The van der Waals surface area contributed by atoms with Crippen molar-refractivity contribution in [2.45, 2.75) is 38.5 Å². The van der Waals surface area contributed by atoms with Crippen molar-refractivity contribution < 1.29 is 9.59 Å². The summed E-state index contributed by atoms with van der Waals surface area (Å²) in [6.45, 7) is 2.58. The van der Waals surface area contributed by atoms with Crippen molar-refractivity contribution in [3.63, 3.8) is 0 Å². The highest BCUT2D eigenvalue weighted by Crippen LogP contribution is 2.26. The van der Waals surface area contributed by atoms with Crippen molar-refractivity contribution >= 4 is 35.0 Å². The van der Waals surface area contributed by atoms with Gasteiger partial charge in [-0.25, -0.2) is 0 Å². The first-order chi connectivity index (χ1) is 12.1. The Morgan fingerprint density at radius 1 is 0.840 bits per heavy atom. The number of halogens is 2. The van der Waals surface area contributed by atoms with Crippen LogP contribution in [-0.4, -0.2) is 47.8 Å². The molecule has 25 heavy (non-hydrogen) atoms. The minimum absolute atomic E-state index is 0.0504. The van der Waals surface area contributed by atoms with Crippen LogP contribution in [0.25, 0.3) is 0 Å². The number of hydrogen-bond donors (Lipinski definition) is 0. The summed E-state index contributed by atoms with van der Waals surface area (Å²) in [6, 6.07) is 4.96. The number of carbonyl (C=O) groups excluding carboxylic acids is 2. The van der Waals surface area contributed by atoms with E-state index in [0.29, 0.717) is 35.2 Å². The Hall–Kier alpha value is -1.26. The van der Waals surface area contributed by atoms with Gasteiger partial charge >= 0.3 is 0 Å². The first-order valence-corrected chi connectivity index (χ1v) is 9.85. The van der Waals surface area contributed by atoms with Gasteiger partial charge in [0.1, 0.15) is 0 Å². The first-order valence-electron chi connectivity index (χ1n) is 9.09. The zero-order chi connectivity index (χ0) is 17.8. The van der Waals surface area contributed by atoms with Crippen LogP contribution >= 0.6 is 23.2 Å². The van der Waals surface area contributed by atoms with E-state index in [1.54, 1.807) is 18.2 Å². The van der Waals surface area contributed by atoms with E-state index in [2.05, 4.69) is 0 Å². The number of hydrogen-bond acceptors (Lipinski definition) is 2. The summed E-state index contributed by atoms with van der Waals surface area (Å²) in [5, 5.41) is 0.828. The Morgan fingerprint density at radius 2 is 1.52 bits per heavy atom. The lowest BCUT2D eigenvalue weighted by Gasteiger charge is -2.28. The Morgan fingerprint density at radius 3 is 2.24 bits per heavy atom. The highest BCUT2D eigenvalue weighted by atomic mass is 35.5. The topological polar surface area (TPSA) is 40.6 Å². The Labute approximate surface area is 159 Å². The molecule has 4 nitrogen and oxygen atoms in total. The van der Waals surface area contributed by atoms with Crippen LogP contribution in [0, 0.1) is 5.92 Å². The summed E-state index contributed by atoms with van der Waals surface area (Å²) in [6.07, 6.45) is 6.40. The van der Waals surface area contributed by atoms with Crippen molar-refractivity contribution in [2.24, 2.45) is 5.92 Å². The third-order valence-electron chi connectivity index (χ3n) is 5.22. The molecule has 2 aliphatic rings. The summed E-state index contributed by atoms with van der Waals surface area (Å²) in [4.78, 5) is 29.2. The number of nitrogens with zero attached hydrogens (tertiary/aromatic N) is 2. The van der Waals surface area contributed by atoms with Crippen LogP contribution in [0.3, 0.4) is 0 Å². The monoisotopic (exact) mass is 382 g/mol. The zero-order valence-electron chi connectivity index (χ0n) is 14.3. The van der Waals surface area contributed by atoms with E-state index in [1.807, 2.05) is 9.80 Å². The maximum Gasteiger partial charge on any atom is 0.253 e. The van der Waals surface area contributed by atoms with Gasteiger partial charge in [0, 0.05) is 37.7 Å². The molecule has 0 atom stereocenters. The van der Waals surface area contributed by atoms with Gasteiger partial charge in [0.25, 0.3) is 5.91 Å². The van der Waals surface area contributed by atoms with E-state index in [4.69, 9.17) is 23.2 Å². The molecule has 2 fully saturated rings. The van der Waals surface area contributed by atoms with Crippen LogP contribution in [0.15, 0.2) is 18.2 Å². The summed E-state index contributed by atoms with van der Waals surface area (Å²) in [5.41, 5.74) is 0.543. The maximum absolute atomic E-state index is 12.7. The Kier molecular flexibility index (Phi) is 6.24. The van der Waals surface area contributed by atoms with Gasteiger partial charge in [0.2, 0.25) is 5.91 Å². The Bertz CT molecular complexity index is 644. The second-order valence-electron chi connectivity index (χ2n) is 6.93. The molecule has 1 aliphatic carbocycles. The van der Waals surface area contributed by atoms with Crippen LogP contribution in [0.4, 0.5) is 0 Å². The molecule has 1 aromatic carbocycles. The molecule has 0 N–H and O–H groups in total. The third-order valence-corrected chi connectivity index (χ3v) is 5.95. The van der Waals surface area contributed by atoms with Gasteiger partial charge in [-0.05, 0) is 37.5 Å². The maximum atomic E-state index is 12.7. The van der Waals surface area contributed by atoms with E-state index in [1.165, 1.54) is 6.42 Å². The third kappa shape index (κ3) is 4.48. The summed E-state index contributed by atoms with van der Waals surface area (Å²) in [7, 11) is 0. The molecule has 1 saturated heterocycles. The molecule has 0 aromatic heterocycles. The van der Waals surface area contributed by atoms with Crippen molar-refractivity contribution in [1.82, 2.24) is 9.80 Å². The predicted octanol–water partition coefficient (Wildman–Crippen LogP) is 4.25. The van der Waals surface area contributed by atoms with E-state index >= 15 is 0 Å². The fourth-order valence-corrected chi connectivity index (χ4v) is 4.06. The lowest BCUT2D eigenvalue weighted by Crippen LogP contribution is -2.40. The van der Waals surface area contributed by atoms with Crippen molar-refractivity contribution in [3.05, 3.63) is 33.8 Å². The van der Waals surface area contributed by atoms with Gasteiger partial charge in [-0.15, -0.1) is 0 Å². The molecule has 1 aromatic rings. The molecule has 1 aliphatic heterocycles. The lowest BCUT2D eigenvalue weighted by atomic mass is 9.88. The average molecular weight is 383 g/mol. The summed E-state index contributed by atoms with van der Waals surface area (Å²) < 4.78 is 0. The highest BCUT2D eigenvalue weighted by Gasteiger charge is 2.28. The average Bonchev–Trinajstić information content (AvgIpc) is 2.89. The number of amides is 2. The largest absolute Gasteiger partial charge is 0.341 e. The molecule has 0 radical (unpaired) electrons. The van der Waals surface area contributed by atoms with Gasteiger partial charge < -0.3 is 9.80 Å².